The molecule has 1 aromatic heterocycles. The SMILES string of the molecule is CN=C(NCCc1ccccn1)N1CCc2ccccc21.I. The van der Waals surface area contributed by atoms with Crippen molar-refractivity contribution in [2.45, 2.75) is 12.8 Å². The van der Waals surface area contributed by atoms with Crippen molar-refractivity contribution in [1.29, 1.82) is 0 Å². The number of fused-ring (bicyclic) bond motifs is 1. The van der Waals surface area contributed by atoms with Crippen LogP contribution < -0.4 is 10.2 Å². The zero-order valence-corrected chi connectivity index (χ0v) is 15.0. The van der Waals surface area contributed by atoms with Gasteiger partial charge >= 0.3 is 0 Å². The average Bonchev–Trinajstić information content (AvgIpc) is 2.97. The minimum Gasteiger partial charge on any atom is -0.356 e. The van der Waals surface area contributed by atoms with E-state index in [1.807, 2.05) is 25.4 Å². The van der Waals surface area contributed by atoms with E-state index in [0.717, 1.165) is 37.6 Å². The van der Waals surface area contributed by atoms with Crippen LogP contribution in [0.15, 0.2) is 53.7 Å². The number of aliphatic imine (C=N–C) groups is 1. The summed E-state index contributed by atoms with van der Waals surface area (Å²) in [6, 6.07) is 14.5. The largest absolute Gasteiger partial charge is 0.356 e. The fourth-order valence-corrected chi connectivity index (χ4v) is 2.70. The van der Waals surface area contributed by atoms with E-state index in [2.05, 4.69) is 50.5 Å². The van der Waals surface area contributed by atoms with Gasteiger partial charge in [-0.25, -0.2) is 0 Å². The highest BCUT2D eigenvalue weighted by Crippen LogP contribution is 2.27. The number of aromatic nitrogens is 1. The molecule has 0 radical (unpaired) electrons. The van der Waals surface area contributed by atoms with Crippen molar-refractivity contribution >= 4 is 35.6 Å². The molecule has 0 aliphatic carbocycles. The maximum atomic E-state index is 4.41. The summed E-state index contributed by atoms with van der Waals surface area (Å²) >= 11 is 0. The molecule has 5 heteroatoms. The fraction of sp³-hybridized carbons (Fsp3) is 0.294. The molecule has 0 fully saturated rings. The Kier molecular flexibility index (Phi) is 6.18. The maximum Gasteiger partial charge on any atom is 0.198 e. The van der Waals surface area contributed by atoms with Gasteiger partial charge in [-0.05, 0) is 30.2 Å². The molecule has 4 nitrogen and oxygen atoms in total. The van der Waals surface area contributed by atoms with Crippen LogP contribution in [0.4, 0.5) is 5.69 Å². The van der Waals surface area contributed by atoms with Gasteiger partial charge in [0.25, 0.3) is 0 Å². The van der Waals surface area contributed by atoms with Crippen LogP contribution in [0.2, 0.25) is 0 Å². The highest BCUT2D eigenvalue weighted by Gasteiger charge is 2.21. The van der Waals surface area contributed by atoms with E-state index in [-0.39, 0.29) is 24.0 Å². The van der Waals surface area contributed by atoms with Crippen LogP contribution in [-0.2, 0) is 12.8 Å². The van der Waals surface area contributed by atoms with Gasteiger partial charge in [0, 0.05) is 44.1 Å². The van der Waals surface area contributed by atoms with Gasteiger partial charge < -0.3 is 10.2 Å². The molecule has 0 saturated carbocycles. The normalized spacial score (nSPS) is 13.5. The molecule has 0 unspecified atom stereocenters. The van der Waals surface area contributed by atoms with Crippen molar-refractivity contribution < 1.29 is 0 Å². The molecule has 0 amide bonds. The summed E-state index contributed by atoms with van der Waals surface area (Å²) in [4.78, 5) is 11.0. The number of anilines is 1. The zero-order valence-electron chi connectivity index (χ0n) is 12.7. The first-order valence-electron chi connectivity index (χ1n) is 7.34. The number of nitrogens with zero attached hydrogens (tertiary/aromatic N) is 3. The zero-order chi connectivity index (χ0) is 14.5. The van der Waals surface area contributed by atoms with Crippen LogP contribution in [0.1, 0.15) is 11.3 Å². The second kappa shape index (κ2) is 8.12. The van der Waals surface area contributed by atoms with E-state index in [1.165, 1.54) is 11.3 Å². The first kappa shape index (κ1) is 16.7. The summed E-state index contributed by atoms with van der Waals surface area (Å²) in [6.45, 7) is 1.82. The van der Waals surface area contributed by atoms with E-state index in [9.17, 15) is 0 Å². The number of pyridine rings is 1. The summed E-state index contributed by atoms with van der Waals surface area (Å²) in [5.41, 5.74) is 3.76. The topological polar surface area (TPSA) is 40.5 Å². The molecular formula is C17H21IN4. The first-order chi connectivity index (χ1) is 10.4. The molecule has 3 rings (SSSR count). The molecular weight excluding hydrogens is 387 g/mol. The van der Waals surface area contributed by atoms with Gasteiger partial charge in [0.05, 0.1) is 0 Å². The number of hydrogen-bond donors (Lipinski definition) is 1. The predicted octanol–water partition coefficient (Wildman–Crippen LogP) is 2.88. The Hall–Kier alpha value is -1.63. The summed E-state index contributed by atoms with van der Waals surface area (Å²) in [5, 5.41) is 3.44. The maximum absolute atomic E-state index is 4.41. The molecule has 1 aromatic carbocycles. The highest BCUT2D eigenvalue weighted by atomic mass is 127. The third kappa shape index (κ3) is 3.76. The molecule has 0 bridgehead atoms. The van der Waals surface area contributed by atoms with Crippen LogP contribution in [0, 0.1) is 0 Å². The van der Waals surface area contributed by atoms with Crippen LogP contribution in [0.3, 0.4) is 0 Å². The molecule has 116 valence electrons. The molecule has 0 saturated heterocycles. The third-order valence-electron chi connectivity index (χ3n) is 3.75. The van der Waals surface area contributed by atoms with Gasteiger partial charge in [0.15, 0.2) is 5.96 Å². The quantitative estimate of drug-likeness (QED) is 0.483. The fourth-order valence-electron chi connectivity index (χ4n) is 2.70. The molecule has 2 heterocycles. The lowest BCUT2D eigenvalue weighted by atomic mass is 10.2. The van der Waals surface area contributed by atoms with Gasteiger partial charge in [-0.1, -0.05) is 24.3 Å². The second-order valence-electron chi connectivity index (χ2n) is 5.08. The van der Waals surface area contributed by atoms with Gasteiger partial charge in [0.1, 0.15) is 0 Å². The summed E-state index contributed by atoms with van der Waals surface area (Å²) in [6.07, 6.45) is 3.81. The van der Waals surface area contributed by atoms with Crippen molar-refractivity contribution in [2.75, 3.05) is 25.0 Å². The lowest BCUT2D eigenvalue weighted by molar-refractivity contribution is 0.819. The van der Waals surface area contributed by atoms with E-state index in [0.29, 0.717) is 0 Å². The molecule has 2 aromatic rings. The highest BCUT2D eigenvalue weighted by molar-refractivity contribution is 14.0. The first-order valence-corrected chi connectivity index (χ1v) is 7.34. The van der Waals surface area contributed by atoms with Crippen molar-refractivity contribution in [3.63, 3.8) is 0 Å². The lowest BCUT2D eigenvalue weighted by Gasteiger charge is -2.22. The van der Waals surface area contributed by atoms with Gasteiger partial charge in [-0.3, -0.25) is 9.98 Å². The van der Waals surface area contributed by atoms with Crippen molar-refractivity contribution in [2.24, 2.45) is 4.99 Å². The number of halogens is 1. The van der Waals surface area contributed by atoms with Gasteiger partial charge in [-0.15, -0.1) is 24.0 Å². The van der Waals surface area contributed by atoms with Crippen LogP contribution in [0.25, 0.3) is 0 Å². The molecule has 22 heavy (non-hydrogen) atoms. The molecule has 0 spiro atoms. The molecule has 0 atom stereocenters. The Morgan fingerprint density at radius 1 is 1.23 bits per heavy atom. The lowest BCUT2D eigenvalue weighted by Crippen LogP contribution is -2.41. The number of benzene rings is 1. The van der Waals surface area contributed by atoms with Crippen LogP contribution >= 0.6 is 24.0 Å². The van der Waals surface area contributed by atoms with Crippen LogP contribution in [0.5, 0.6) is 0 Å². The van der Waals surface area contributed by atoms with Crippen LogP contribution in [-0.4, -0.2) is 31.1 Å². The van der Waals surface area contributed by atoms with Crippen molar-refractivity contribution in [3.8, 4) is 0 Å². The number of para-hydroxylation sites is 1. The second-order valence-corrected chi connectivity index (χ2v) is 5.08. The Balaban J connectivity index is 0.00000176. The predicted molar refractivity (Wildman–Crippen MR) is 102 cm³/mol. The summed E-state index contributed by atoms with van der Waals surface area (Å²) < 4.78 is 0. The van der Waals surface area contributed by atoms with Gasteiger partial charge in [-0.2, -0.15) is 0 Å². The van der Waals surface area contributed by atoms with E-state index in [1.54, 1.807) is 0 Å². The summed E-state index contributed by atoms with van der Waals surface area (Å²) in [5.74, 6) is 0.941. The van der Waals surface area contributed by atoms with Crippen molar-refractivity contribution in [1.82, 2.24) is 10.3 Å². The minimum atomic E-state index is 0. The minimum absolute atomic E-state index is 0. The number of hydrogen-bond acceptors (Lipinski definition) is 2. The molecule has 1 N–H and O–H groups in total. The Morgan fingerprint density at radius 3 is 2.82 bits per heavy atom. The van der Waals surface area contributed by atoms with Gasteiger partial charge in [0.2, 0.25) is 0 Å². The average molecular weight is 408 g/mol. The Bertz CT molecular complexity index is 628. The Morgan fingerprint density at radius 2 is 2.05 bits per heavy atom. The number of guanidine groups is 1. The number of nitrogens with one attached hydrogen (secondary N) is 1. The smallest absolute Gasteiger partial charge is 0.198 e. The monoisotopic (exact) mass is 408 g/mol. The standard InChI is InChI=1S/C17H20N4.HI/c1-18-17(20-12-9-15-7-4-5-11-19-15)21-13-10-14-6-2-3-8-16(14)21;/h2-8,11H,9-10,12-13H2,1H3,(H,18,20);1H. The van der Waals surface area contributed by atoms with E-state index in [4.69, 9.17) is 0 Å². The summed E-state index contributed by atoms with van der Waals surface area (Å²) in [7, 11) is 1.84. The van der Waals surface area contributed by atoms with E-state index >= 15 is 0 Å². The third-order valence-corrected chi connectivity index (χ3v) is 3.75. The van der Waals surface area contributed by atoms with E-state index < -0.39 is 0 Å². The van der Waals surface area contributed by atoms with Crippen molar-refractivity contribution in [3.05, 3.63) is 59.9 Å². The number of rotatable bonds is 3. The molecule has 1 aliphatic rings. The molecule has 1 aliphatic heterocycles. The Labute approximate surface area is 148 Å².